The Balaban J connectivity index is 2.31. The van der Waals surface area contributed by atoms with Crippen LogP contribution in [0.15, 0.2) is 24.3 Å². The van der Waals surface area contributed by atoms with Crippen LogP contribution in [0.5, 0.6) is 5.75 Å². The lowest BCUT2D eigenvalue weighted by Crippen LogP contribution is -2.44. The van der Waals surface area contributed by atoms with Crippen molar-refractivity contribution in [3.63, 3.8) is 0 Å². The SMILES string of the molecule is CCCCN(C)C(C)C(=O)NCCc1ccc(OC)cc1. The third-order valence-electron chi connectivity index (χ3n) is 3.78. The number of unbranched alkanes of at least 4 members (excludes halogenated alkanes) is 1. The minimum Gasteiger partial charge on any atom is -0.497 e. The summed E-state index contributed by atoms with van der Waals surface area (Å²) in [6, 6.07) is 7.87. The number of ether oxygens (including phenoxy) is 1. The van der Waals surface area contributed by atoms with E-state index in [2.05, 4.69) is 17.1 Å². The quantitative estimate of drug-likeness (QED) is 0.760. The first-order valence-electron chi connectivity index (χ1n) is 7.69. The van der Waals surface area contributed by atoms with Crippen LogP contribution in [0, 0.1) is 0 Å². The van der Waals surface area contributed by atoms with Crippen LogP contribution in [0.25, 0.3) is 0 Å². The van der Waals surface area contributed by atoms with E-state index in [4.69, 9.17) is 4.74 Å². The van der Waals surface area contributed by atoms with Gasteiger partial charge in [-0.25, -0.2) is 0 Å². The van der Waals surface area contributed by atoms with Gasteiger partial charge >= 0.3 is 0 Å². The van der Waals surface area contributed by atoms with E-state index >= 15 is 0 Å². The van der Waals surface area contributed by atoms with Gasteiger partial charge in [0.05, 0.1) is 13.2 Å². The fraction of sp³-hybridized carbons (Fsp3) is 0.588. The van der Waals surface area contributed by atoms with E-state index < -0.39 is 0 Å². The number of carbonyl (C=O) groups excluding carboxylic acids is 1. The summed E-state index contributed by atoms with van der Waals surface area (Å²) in [4.78, 5) is 14.2. The number of methoxy groups -OCH3 is 1. The van der Waals surface area contributed by atoms with Crippen molar-refractivity contribution in [2.24, 2.45) is 0 Å². The molecule has 0 bridgehead atoms. The lowest BCUT2D eigenvalue weighted by Gasteiger charge is -2.23. The molecule has 1 N–H and O–H groups in total. The van der Waals surface area contributed by atoms with Crippen molar-refractivity contribution in [2.75, 3.05) is 27.2 Å². The van der Waals surface area contributed by atoms with Crippen LogP contribution >= 0.6 is 0 Å². The minimum atomic E-state index is -0.0765. The molecule has 21 heavy (non-hydrogen) atoms. The molecule has 0 aliphatic heterocycles. The van der Waals surface area contributed by atoms with Crippen molar-refractivity contribution in [1.29, 1.82) is 0 Å². The molecule has 0 heterocycles. The Kier molecular flexibility index (Phi) is 7.83. The molecule has 0 fully saturated rings. The predicted octanol–water partition coefficient (Wildman–Crippen LogP) is 2.47. The number of hydrogen-bond donors (Lipinski definition) is 1. The molecule has 1 aromatic carbocycles. The Morgan fingerprint density at radius 2 is 2.00 bits per heavy atom. The first kappa shape index (κ1) is 17.5. The highest BCUT2D eigenvalue weighted by Gasteiger charge is 2.16. The standard InChI is InChI=1S/C17H28N2O2/c1-5-6-13-19(3)14(2)17(20)18-12-11-15-7-9-16(21-4)10-8-15/h7-10,14H,5-6,11-13H2,1-4H3,(H,18,20). The minimum absolute atomic E-state index is 0.0765. The summed E-state index contributed by atoms with van der Waals surface area (Å²) in [7, 11) is 3.66. The van der Waals surface area contributed by atoms with E-state index in [-0.39, 0.29) is 11.9 Å². The summed E-state index contributed by atoms with van der Waals surface area (Å²) in [6.07, 6.45) is 3.11. The van der Waals surface area contributed by atoms with Crippen LogP contribution in [0.3, 0.4) is 0 Å². The molecule has 4 nitrogen and oxygen atoms in total. The number of amides is 1. The van der Waals surface area contributed by atoms with Crippen molar-refractivity contribution >= 4 is 5.91 Å². The Bertz CT molecular complexity index is 417. The molecule has 1 amide bonds. The van der Waals surface area contributed by atoms with Crippen LogP contribution in [-0.2, 0) is 11.2 Å². The number of likely N-dealkylation sites (N-methyl/N-ethyl adjacent to an activating group) is 1. The average Bonchev–Trinajstić information content (AvgIpc) is 2.52. The van der Waals surface area contributed by atoms with Gasteiger partial charge < -0.3 is 10.1 Å². The van der Waals surface area contributed by atoms with Gasteiger partial charge in [0.25, 0.3) is 0 Å². The van der Waals surface area contributed by atoms with Gasteiger partial charge in [-0.15, -0.1) is 0 Å². The number of carbonyl (C=O) groups is 1. The third-order valence-corrected chi connectivity index (χ3v) is 3.78. The van der Waals surface area contributed by atoms with Gasteiger partial charge in [-0.2, -0.15) is 0 Å². The van der Waals surface area contributed by atoms with Gasteiger partial charge in [-0.3, -0.25) is 9.69 Å². The van der Waals surface area contributed by atoms with E-state index in [1.165, 1.54) is 5.56 Å². The molecule has 1 aromatic rings. The fourth-order valence-corrected chi connectivity index (χ4v) is 2.07. The van der Waals surface area contributed by atoms with Crippen molar-refractivity contribution < 1.29 is 9.53 Å². The van der Waals surface area contributed by atoms with Crippen LogP contribution in [0.1, 0.15) is 32.3 Å². The van der Waals surface area contributed by atoms with Crippen LogP contribution in [0.4, 0.5) is 0 Å². The average molecular weight is 292 g/mol. The third kappa shape index (κ3) is 6.17. The van der Waals surface area contributed by atoms with Crippen molar-refractivity contribution in [3.8, 4) is 5.75 Å². The van der Waals surface area contributed by atoms with Gasteiger partial charge in [0, 0.05) is 6.54 Å². The predicted molar refractivity (Wildman–Crippen MR) is 86.7 cm³/mol. The smallest absolute Gasteiger partial charge is 0.237 e. The molecule has 0 aromatic heterocycles. The maximum Gasteiger partial charge on any atom is 0.237 e. The highest BCUT2D eigenvalue weighted by molar-refractivity contribution is 5.81. The largest absolute Gasteiger partial charge is 0.497 e. The summed E-state index contributed by atoms with van der Waals surface area (Å²) in [5, 5.41) is 3.00. The molecule has 0 aliphatic carbocycles. The lowest BCUT2D eigenvalue weighted by atomic mass is 10.1. The van der Waals surface area contributed by atoms with Crippen LogP contribution in [0.2, 0.25) is 0 Å². The number of hydrogen-bond acceptors (Lipinski definition) is 3. The van der Waals surface area contributed by atoms with Gasteiger partial charge in [-0.05, 0) is 51.1 Å². The van der Waals surface area contributed by atoms with Gasteiger partial charge in [0.2, 0.25) is 5.91 Å². The van der Waals surface area contributed by atoms with Crippen molar-refractivity contribution in [2.45, 2.75) is 39.2 Å². The molecule has 118 valence electrons. The zero-order valence-corrected chi connectivity index (χ0v) is 13.7. The molecule has 0 aliphatic rings. The molecule has 0 radical (unpaired) electrons. The van der Waals surface area contributed by atoms with Crippen LogP contribution < -0.4 is 10.1 Å². The molecular formula is C17H28N2O2. The topological polar surface area (TPSA) is 41.6 Å². The normalized spacial score (nSPS) is 12.2. The summed E-state index contributed by atoms with van der Waals surface area (Å²) in [6.45, 7) is 5.74. The molecular weight excluding hydrogens is 264 g/mol. The molecule has 0 spiro atoms. The molecule has 1 atom stereocenters. The molecule has 0 saturated heterocycles. The molecule has 1 rings (SSSR count). The summed E-state index contributed by atoms with van der Waals surface area (Å²) >= 11 is 0. The maximum absolute atomic E-state index is 12.1. The van der Waals surface area contributed by atoms with E-state index in [9.17, 15) is 4.79 Å². The summed E-state index contributed by atoms with van der Waals surface area (Å²) in [5.74, 6) is 0.955. The van der Waals surface area contributed by atoms with Crippen molar-refractivity contribution in [1.82, 2.24) is 10.2 Å². The first-order chi connectivity index (χ1) is 10.1. The van der Waals surface area contributed by atoms with E-state index in [1.54, 1.807) is 7.11 Å². The zero-order chi connectivity index (χ0) is 15.7. The summed E-state index contributed by atoms with van der Waals surface area (Å²) < 4.78 is 5.13. The molecule has 4 heteroatoms. The van der Waals surface area contributed by atoms with Gasteiger partial charge in [-0.1, -0.05) is 25.5 Å². The second-order valence-corrected chi connectivity index (χ2v) is 5.40. The number of nitrogens with one attached hydrogen (secondary N) is 1. The second-order valence-electron chi connectivity index (χ2n) is 5.40. The van der Waals surface area contributed by atoms with E-state index in [1.807, 2.05) is 38.2 Å². The number of nitrogens with zero attached hydrogens (tertiary/aromatic N) is 1. The Morgan fingerprint density at radius 1 is 1.33 bits per heavy atom. The summed E-state index contributed by atoms with van der Waals surface area (Å²) in [5.41, 5.74) is 1.20. The number of rotatable bonds is 9. The monoisotopic (exact) mass is 292 g/mol. The highest BCUT2D eigenvalue weighted by Crippen LogP contribution is 2.11. The second kappa shape index (κ2) is 9.40. The van der Waals surface area contributed by atoms with Gasteiger partial charge in [0.1, 0.15) is 5.75 Å². The number of benzene rings is 1. The lowest BCUT2D eigenvalue weighted by molar-refractivity contribution is -0.125. The molecule has 1 unspecified atom stereocenters. The van der Waals surface area contributed by atoms with Crippen LogP contribution in [-0.4, -0.2) is 44.1 Å². The Labute approximate surface area is 128 Å². The fourth-order valence-electron chi connectivity index (χ4n) is 2.07. The van der Waals surface area contributed by atoms with E-state index in [0.717, 1.165) is 31.6 Å². The maximum atomic E-state index is 12.1. The Morgan fingerprint density at radius 3 is 2.57 bits per heavy atom. The highest BCUT2D eigenvalue weighted by atomic mass is 16.5. The zero-order valence-electron chi connectivity index (χ0n) is 13.7. The van der Waals surface area contributed by atoms with E-state index in [0.29, 0.717) is 6.54 Å². The van der Waals surface area contributed by atoms with Crippen molar-refractivity contribution in [3.05, 3.63) is 29.8 Å². The Hall–Kier alpha value is -1.55. The molecule has 0 saturated carbocycles. The first-order valence-corrected chi connectivity index (χ1v) is 7.69. The van der Waals surface area contributed by atoms with Gasteiger partial charge in [0.15, 0.2) is 0 Å².